The number of aryl methyl sites for hydroxylation is 2. The second kappa shape index (κ2) is 7.99. The molecule has 0 aliphatic carbocycles. The minimum Gasteiger partial charge on any atom is -0.483 e. The van der Waals surface area contributed by atoms with Gasteiger partial charge in [0.1, 0.15) is 18.1 Å². The smallest absolute Gasteiger partial charge is 0.303 e. The van der Waals surface area contributed by atoms with Crippen LogP contribution in [0.2, 0.25) is 0 Å². The summed E-state index contributed by atoms with van der Waals surface area (Å²) in [6.45, 7) is 1.57. The number of benzene rings is 2. The summed E-state index contributed by atoms with van der Waals surface area (Å²) in [6.07, 6.45) is -0.175. The lowest BCUT2D eigenvalue weighted by Gasteiger charge is -2.10. The van der Waals surface area contributed by atoms with E-state index in [-0.39, 0.29) is 25.0 Å². The van der Waals surface area contributed by atoms with E-state index in [0.29, 0.717) is 17.0 Å². The first-order chi connectivity index (χ1) is 13.0. The molecule has 0 amide bonds. The highest BCUT2D eigenvalue weighted by atomic mass is 19.1. The van der Waals surface area contributed by atoms with Crippen molar-refractivity contribution in [2.75, 3.05) is 0 Å². The number of halogens is 2. The molecule has 27 heavy (non-hydrogen) atoms. The number of carboxylic acid groups (broad SMARTS) is 1. The first kappa shape index (κ1) is 18.6. The molecule has 0 spiro atoms. The van der Waals surface area contributed by atoms with Crippen LogP contribution in [0.15, 0.2) is 47.0 Å². The lowest BCUT2D eigenvalue weighted by molar-refractivity contribution is -0.136. The number of rotatable bonds is 7. The fourth-order valence-corrected chi connectivity index (χ4v) is 2.67. The highest BCUT2D eigenvalue weighted by Gasteiger charge is 2.18. The maximum absolute atomic E-state index is 14.2. The van der Waals surface area contributed by atoms with E-state index in [9.17, 15) is 13.6 Å². The zero-order chi connectivity index (χ0) is 19.4. The monoisotopic (exact) mass is 373 g/mol. The van der Waals surface area contributed by atoms with Gasteiger partial charge in [-0.25, -0.2) is 8.78 Å². The third-order valence-electron chi connectivity index (χ3n) is 4.08. The van der Waals surface area contributed by atoms with Crippen molar-refractivity contribution in [1.82, 2.24) is 5.16 Å². The average molecular weight is 373 g/mol. The topological polar surface area (TPSA) is 72.6 Å². The quantitative estimate of drug-likeness (QED) is 0.659. The number of nitrogens with zero attached hydrogens (tertiary/aromatic N) is 1. The Morgan fingerprint density at radius 1 is 1.19 bits per heavy atom. The van der Waals surface area contributed by atoms with Gasteiger partial charge in [-0.1, -0.05) is 35.5 Å². The zero-order valence-corrected chi connectivity index (χ0v) is 14.5. The third-order valence-corrected chi connectivity index (χ3v) is 4.08. The Hall–Kier alpha value is -3.22. The van der Waals surface area contributed by atoms with Gasteiger partial charge in [-0.05, 0) is 31.0 Å². The van der Waals surface area contributed by atoms with Crippen LogP contribution in [0.5, 0.6) is 5.75 Å². The summed E-state index contributed by atoms with van der Waals surface area (Å²) < 4.78 is 39.0. The van der Waals surface area contributed by atoms with Crippen LogP contribution in [0.4, 0.5) is 8.78 Å². The molecule has 140 valence electrons. The van der Waals surface area contributed by atoms with E-state index in [1.165, 1.54) is 0 Å². The van der Waals surface area contributed by atoms with Crippen molar-refractivity contribution in [2.45, 2.75) is 26.4 Å². The van der Waals surface area contributed by atoms with Crippen LogP contribution in [0.25, 0.3) is 11.3 Å². The Bertz CT molecular complexity index is 931. The molecule has 0 saturated carbocycles. The Morgan fingerprint density at radius 3 is 2.48 bits per heavy atom. The zero-order valence-electron chi connectivity index (χ0n) is 14.5. The molecule has 0 aliphatic rings. The summed E-state index contributed by atoms with van der Waals surface area (Å²) in [5.74, 6) is -2.83. The van der Waals surface area contributed by atoms with Crippen LogP contribution < -0.4 is 4.74 Å². The van der Waals surface area contributed by atoms with E-state index in [0.717, 1.165) is 17.7 Å². The molecule has 1 aromatic heterocycles. The lowest BCUT2D eigenvalue weighted by atomic mass is 10.1. The highest BCUT2D eigenvalue weighted by Crippen LogP contribution is 2.29. The van der Waals surface area contributed by atoms with Crippen molar-refractivity contribution in [3.63, 3.8) is 0 Å². The van der Waals surface area contributed by atoms with E-state index in [1.54, 1.807) is 6.92 Å². The Balaban J connectivity index is 1.80. The van der Waals surface area contributed by atoms with Gasteiger partial charge in [0.25, 0.3) is 0 Å². The Morgan fingerprint density at radius 2 is 1.85 bits per heavy atom. The number of aliphatic carboxylic acids is 1. The summed E-state index contributed by atoms with van der Waals surface area (Å²) in [6, 6.07) is 11.4. The van der Waals surface area contributed by atoms with Gasteiger partial charge in [0.15, 0.2) is 17.4 Å². The summed E-state index contributed by atoms with van der Waals surface area (Å²) >= 11 is 0. The van der Waals surface area contributed by atoms with Gasteiger partial charge in [-0.3, -0.25) is 4.79 Å². The highest BCUT2D eigenvalue weighted by molar-refractivity contribution is 5.67. The summed E-state index contributed by atoms with van der Waals surface area (Å²) in [7, 11) is 0. The van der Waals surface area contributed by atoms with Crippen LogP contribution in [-0.2, 0) is 17.8 Å². The molecule has 3 rings (SSSR count). The number of carbonyl (C=O) groups is 1. The molecule has 3 aromatic rings. The van der Waals surface area contributed by atoms with Crippen molar-refractivity contribution < 1.29 is 27.9 Å². The molecule has 5 nitrogen and oxygen atoms in total. The minimum atomic E-state index is -1.03. The largest absolute Gasteiger partial charge is 0.483 e. The maximum Gasteiger partial charge on any atom is 0.303 e. The summed E-state index contributed by atoms with van der Waals surface area (Å²) in [5.41, 5.74) is 2.20. The van der Waals surface area contributed by atoms with Crippen LogP contribution in [-0.4, -0.2) is 16.2 Å². The molecule has 2 aromatic carbocycles. The van der Waals surface area contributed by atoms with E-state index in [4.69, 9.17) is 14.4 Å². The van der Waals surface area contributed by atoms with Crippen LogP contribution >= 0.6 is 0 Å². The minimum absolute atomic E-state index is 0.0341. The van der Waals surface area contributed by atoms with Crippen molar-refractivity contribution in [1.29, 1.82) is 0 Å². The molecule has 0 fully saturated rings. The Labute approximate surface area is 154 Å². The molecular formula is C20H17F2NO4. The van der Waals surface area contributed by atoms with Gasteiger partial charge < -0.3 is 14.4 Å². The molecule has 0 aliphatic heterocycles. The van der Waals surface area contributed by atoms with Gasteiger partial charge in [-0.15, -0.1) is 0 Å². The van der Waals surface area contributed by atoms with Gasteiger partial charge in [0.2, 0.25) is 0 Å². The molecule has 1 N–H and O–H groups in total. The lowest BCUT2D eigenvalue weighted by Crippen LogP contribution is -2.04. The first-order valence-electron chi connectivity index (χ1n) is 8.28. The molecule has 1 heterocycles. The maximum atomic E-state index is 14.2. The SMILES string of the molecule is Cc1onc(-c2ccccc2)c1COc1c(F)cc(CCC(=O)O)cc1F. The van der Waals surface area contributed by atoms with E-state index >= 15 is 0 Å². The van der Waals surface area contributed by atoms with Crippen molar-refractivity contribution >= 4 is 5.97 Å². The van der Waals surface area contributed by atoms with E-state index in [2.05, 4.69) is 5.16 Å². The predicted octanol–water partition coefficient (Wildman–Crippen LogP) is 4.52. The number of hydrogen-bond donors (Lipinski definition) is 1. The van der Waals surface area contributed by atoms with Gasteiger partial charge >= 0.3 is 5.97 Å². The summed E-state index contributed by atoms with van der Waals surface area (Å²) in [5, 5.41) is 12.7. The Kier molecular flexibility index (Phi) is 5.49. The summed E-state index contributed by atoms with van der Waals surface area (Å²) in [4.78, 5) is 10.6. The first-order valence-corrected chi connectivity index (χ1v) is 8.28. The van der Waals surface area contributed by atoms with Crippen LogP contribution in [0.1, 0.15) is 23.3 Å². The molecule has 0 saturated heterocycles. The second-order valence-electron chi connectivity index (χ2n) is 6.00. The number of carboxylic acids is 1. The molecule has 0 bridgehead atoms. The standard InChI is InChI=1S/C20H17F2NO4/c1-12-15(19(23-27-12)14-5-3-2-4-6-14)11-26-20-16(21)9-13(10-17(20)22)7-8-18(24)25/h2-6,9-10H,7-8,11H2,1H3,(H,24,25). The van der Waals surface area contributed by atoms with Crippen molar-refractivity contribution in [3.8, 4) is 17.0 Å². The second-order valence-corrected chi connectivity index (χ2v) is 6.00. The van der Waals surface area contributed by atoms with Crippen molar-refractivity contribution in [3.05, 3.63) is 71.0 Å². The third kappa shape index (κ3) is 4.31. The predicted molar refractivity (Wildman–Crippen MR) is 93.3 cm³/mol. The molecule has 0 radical (unpaired) electrons. The molecule has 7 heteroatoms. The van der Waals surface area contributed by atoms with Crippen LogP contribution in [0.3, 0.4) is 0 Å². The fraction of sp³-hybridized carbons (Fsp3) is 0.200. The van der Waals surface area contributed by atoms with E-state index < -0.39 is 23.4 Å². The number of ether oxygens (including phenoxy) is 1. The van der Waals surface area contributed by atoms with Crippen LogP contribution in [0, 0.1) is 18.6 Å². The average Bonchev–Trinajstić information content (AvgIpc) is 3.01. The number of aromatic nitrogens is 1. The fourth-order valence-electron chi connectivity index (χ4n) is 2.67. The van der Waals surface area contributed by atoms with Gasteiger partial charge in [0, 0.05) is 12.0 Å². The van der Waals surface area contributed by atoms with E-state index in [1.807, 2.05) is 30.3 Å². The molecule has 0 unspecified atom stereocenters. The molecular weight excluding hydrogens is 356 g/mol. The molecule has 0 atom stereocenters. The normalized spacial score (nSPS) is 10.8. The number of hydrogen-bond acceptors (Lipinski definition) is 4. The van der Waals surface area contributed by atoms with Crippen molar-refractivity contribution in [2.24, 2.45) is 0 Å². The van der Waals surface area contributed by atoms with Gasteiger partial charge in [-0.2, -0.15) is 0 Å². The van der Waals surface area contributed by atoms with Gasteiger partial charge in [0.05, 0.1) is 5.56 Å².